The van der Waals surface area contributed by atoms with Crippen LogP contribution < -0.4 is 11.1 Å². The molecule has 1 fully saturated rings. The fourth-order valence-electron chi connectivity index (χ4n) is 2.81. The third kappa shape index (κ3) is 3.03. The van der Waals surface area contributed by atoms with Crippen molar-refractivity contribution in [1.29, 1.82) is 0 Å². The number of nitrogen functional groups attached to an aromatic ring is 1. The summed E-state index contributed by atoms with van der Waals surface area (Å²) in [6.45, 7) is 4.62. The zero-order chi connectivity index (χ0) is 13.2. The maximum atomic E-state index is 10.8. The average molecular weight is 246 g/mol. The van der Waals surface area contributed by atoms with E-state index in [0.717, 1.165) is 18.4 Å². The Morgan fingerprint density at radius 2 is 2.22 bits per heavy atom. The second-order valence-electron chi connectivity index (χ2n) is 6.07. The summed E-state index contributed by atoms with van der Waals surface area (Å²) < 4.78 is 0. The number of hydrogen-bond donors (Lipinski definition) is 2. The Balaban J connectivity index is 2.11. The van der Waals surface area contributed by atoms with E-state index in [2.05, 4.69) is 19.2 Å². The highest BCUT2D eigenvalue weighted by atomic mass is 16.1. The van der Waals surface area contributed by atoms with Gasteiger partial charge in [-0.05, 0) is 42.9 Å². The SMILES string of the molecule is CC1(C)CCCC(Nc2cc(C=O)ccc2N)C1. The number of nitrogens with two attached hydrogens (primary N) is 1. The van der Waals surface area contributed by atoms with Crippen molar-refractivity contribution < 1.29 is 4.79 Å². The van der Waals surface area contributed by atoms with Gasteiger partial charge in [0, 0.05) is 11.6 Å². The van der Waals surface area contributed by atoms with Gasteiger partial charge >= 0.3 is 0 Å². The predicted octanol–water partition coefficient (Wildman–Crippen LogP) is 3.46. The van der Waals surface area contributed by atoms with Gasteiger partial charge in [0.05, 0.1) is 11.4 Å². The minimum absolute atomic E-state index is 0.396. The third-order valence-electron chi connectivity index (χ3n) is 3.78. The lowest BCUT2D eigenvalue weighted by molar-refractivity contribution is 0.112. The summed E-state index contributed by atoms with van der Waals surface area (Å²) >= 11 is 0. The van der Waals surface area contributed by atoms with E-state index in [1.54, 1.807) is 12.1 Å². The van der Waals surface area contributed by atoms with Crippen LogP contribution in [0, 0.1) is 5.41 Å². The molecule has 1 aliphatic carbocycles. The van der Waals surface area contributed by atoms with E-state index in [1.807, 2.05) is 6.07 Å². The second-order valence-corrected chi connectivity index (χ2v) is 6.07. The van der Waals surface area contributed by atoms with Crippen LogP contribution in [0.15, 0.2) is 18.2 Å². The molecular formula is C15H22N2O. The summed E-state index contributed by atoms with van der Waals surface area (Å²) in [5, 5.41) is 3.50. The highest BCUT2D eigenvalue weighted by Crippen LogP contribution is 2.37. The molecule has 0 radical (unpaired) electrons. The van der Waals surface area contributed by atoms with Crippen LogP contribution in [0.1, 0.15) is 49.9 Å². The van der Waals surface area contributed by atoms with Gasteiger partial charge in [-0.15, -0.1) is 0 Å². The first-order valence-electron chi connectivity index (χ1n) is 6.61. The third-order valence-corrected chi connectivity index (χ3v) is 3.78. The predicted molar refractivity (Wildman–Crippen MR) is 75.9 cm³/mol. The summed E-state index contributed by atoms with van der Waals surface area (Å²) in [5.41, 5.74) is 8.62. The van der Waals surface area contributed by atoms with Crippen LogP contribution in [-0.2, 0) is 0 Å². The van der Waals surface area contributed by atoms with E-state index in [9.17, 15) is 4.79 Å². The van der Waals surface area contributed by atoms with Crippen molar-refractivity contribution in [2.24, 2.45) is 5.41 Å². The monoisotopic (exact) mass is 246 g/mol. The molecule has 1 aromatic rings. The molecular weight excluding hydrogens is 224 g/mol. The van der Waals surface area contributed by atoms with Crippen molar-refractivity contribution in [1.82, 2.24) is 0 Å². The highest BCUT2D eigenvalue weighted by Gasteiger charge is 2.28. The van der Waals surface area contributed by atoms with E-state index in [0.29, 0.717) is 22.7 Å². The molecule has 3 heteroatoms. The average Bonchev–Trinajstić information content (AvgIpc) is 2.31. The number of rotatable bonds is 3. The number of nitrogens with one attached hydrogen (secondary N) is 1. The van der Waals surface area contributed by atoms with Gasteiger partial charge in [0.2, 0.25) is 0 Å². The van der Waals surface area contributed by atoms with Crippen molar-refractivity contribution in [2.45, 2.75) is 45.6 Å². The van der Waals surface area contributed by atoms with Crippen molar-refractivity contribution in [3.63, 3.8) is 0 Å². The molecule has 2 rings (SSSR count). The van der Waals surface area contributed by atoms with Crippen molar-refractivity contribution >= 4 is 17.7 Å². The normalized spacial score (nSPS) is 22.4. The quantitative estimate of drug-likeness (QED) is 0.634. The Labute approximate surface area is 109 Å². The standard InChI is InChI=1S/C15H22N2O/c1-15(2)7-3-4-12(9-15)17-14-8-11(10-18)5-6-13(14)16/h5-6,8,10,12,17H,3-4,7,9,16H2,1-2H3. The lowest BCUT2D eigenvalue weighted by atomic mass is 9.75. The first-order chi connectivity index (χ1) is 8.50. The van der Waals surface area contributed by atoms with E-state index in [1.165, 1.54) is 19.3 Å². The van der Waals surface area contributed by atoms with Gasteiger partial charge < -0.3 is 11.1 Å². The van der Waals surface area contributed by atoms with Crippen LogP contribution in [0.3, 0.4) is 0 Å². The molecule has 0 aromatic heterocycles. The van der Waals surface area contributed by atoms with Crippen LogP contribution in [0.2, 0.25) is 0 Å². The largest absolute Gasteiger partial charge is 0.397 e. The minimum atomic E-state index is 0.396. The van der Waals surface area contributed by atoms with Crippen molar-refractivity contribution in [2.75, 3.05) is 11.1 Å². The molecule has 1 unspecified atom stereocenters. The summed E-state index contributed by atoms with van der Waals surface area (Å²) in [7, 11) is 0. The van der Waals surface area contributed by atoms with E-state index < -0.39 is 0 Å². The summed E-state index contributed by atoms with van der Waals surface area (Å²) in [6.07, 6.45) is 5.72. The van der Waals surface area contributed by atoms with E-state index in [4.69, 9.17) is 5.73 Å². The van der Waals surface area contributed by atoms with Crippen LogP contribution >= 0.6 is 0 Å². The molecule has 0 aliphatic heterocycles. The number of benzene rings is 1. The molecule has 0 saturated heterocycles. The minimum Gasteiger partial charge on any atom is -0.397 e. The van der Waals surface area contributed by atoms with E-state index in [-0.39, 0.29) is 0 Å². The summed E-state index contributed by atoms with van der Waals surface area (Å²) in [4.78, 5) is 10.8. The first kappa shape index (κ1) is 12.9. The van der Waals surface area contributed by atoms with Gasteiger partial charge in [-0.3, -0.25) is 4.79 Å². The van der Waals surface area contributed by atoms with Gasteiger partial charge in [-0.2, -0.15) is 0 Å². The smallest absolute Gasteiger partial charge is 0.150 e. The zero-order valence-electron chi connectivity index (χ0n) is 11.2. The number of carbonyl (C=O) groups excluding carboxylic acids is 1. The molecule has 1 aromatic carbocycles. The van der Waals surface area contributed by atoms with Crippen LogP contribution in [0.4, 0.5) is 11.4 Å². The van der Waals surface area contributed by atoms with Crippen LogP contribution in [-0.4, -0.2) is 12.3 Å². The molecule has 3 nitrogen and oxygen atoms in total. The number of hydrogen-bond acceptors (Lipinski definition) is 3. The fourth-order valence-corrected chi connectivity index (χ4v) is 2.81. The Bertz CT molecular complexity index is 440. The van der Waals surface area contributed by atoms with Gasteiger partial charge in [-0.25, -0.2) is 0 Å². The molecule has 0 bridgehead atoms. The second kappa shape index (κ2) is 5.01. The van der Waals surface area contributed by atoms with Crippen LogP contribution in [0.5, 0.6) is 0 Å². The molecule has 3 N–H and O–H groups in total. The van der Waals surface area contributed by atoms with Gasteiger partial charge in [0.25, 0.3) is 0 Å². The molecule has 1 saturated carbocycles. The maximum absolute atomic E-state index is 10.8. The lowest BCUT2D eigenvalue weighted by Crippen LogP contribution is -2.32. The molecule has 98 valence electrons. The topological polar surface area (TPSA) is 55.1 Å². The molecule has 0 spiro atoms. The Morgan fingerprint density at radius 1 is 1.44 bits per heavy atom. The van der Waals surface area contributed by atoms with Crippen molar-refractivity contribution in [3.05, 3.63) is 23.8 Å². The Kier molecular flexibility index (Phi) is 3.60. The maximum Gasteiger partial charge on any atom is 0.150 e. The lowest BCUT2D eigenvalue weighted by Gasteiger charge is -2.36. The van der Waals surface area contributed by atoms with E-state index >= 15 is 0 Å². The van der Waals surface area contributed by atoms with Gasteiger partial charge in [0.1, 0.15) is 6.29 Å². The van der Waals surface area contributed by atoms with Gasteiger partial charge in [0.15, 0.2) is 0 Å². The summed E-state index contributed by atoms with van der Waals surface area (Å²) in [5.74, 6) is 0. The molecule has 1 atom stereocenters. The zero-order valence-corrected chi connectivity index (χ0v) is 11.2. The molecule has 18 heavy (non-hydrogen) atoms. The van der Waals surface area contributed by atoms with Crippen LogP contribution in [0.25, 0.3) is 0 Å². The van der Waals surface area contributed by atoms with Crippen molar-refractivity contribution in [3.8, 4) is 0 Å². The molecule has 0 heterocycles. The number of carbonyl (C=O) groups is 1. The summed E-state index contributed by atoms with van der Waals surface area (Å²) in [6, 6.07) is 5.83. The number of aldehydes is 1. The Morgan fingerprint density at radius 3 is 2.89 bits per heavy atom. The fraction of sp³-hybridized carbons (Fsp3) is 0.533. The molecule has 1 aliphatic rings. The number of anilines is 2. The highest BCUT2D eigenvalue weighted by molar-refractivity contribution is 5.81. The molecule has 0 amide bonds. The first-order valence-corrected chi connectivity index (χ1v) is 6.61. The Hall–Kier alpha value is -1.51. The van der Waals surface area contributed by atoms with Gasteiger partial charge in [-0.1, -0.05) is 20.3 Å².